The quantitative estimate of drug-likeness (QED) is 0.656. The van der Waals surface area contributed by atoms with Gasteiger partial charge in [0.25, 0.3) is 5.91 Å². The first kappa shape index (κ1) is 20.3. The zero-order valence-electron chi connectivity index (χ0n) is 15.2. The number of nitrogens with one attached hydrogen (secondary N) is 1. The molecule has 0 radical (unpaired) electrons. The van der Waals surface area contributed by atoms with Gasteiger partial charge in [-0.2, -0.15) is 13.2 Å². The van der Waals surface area contributed by atoms with E-state index in [4.69, 9.17) is 4.74 Å². The van der Waals surface area contributed by atoms with E-state index in [0.29, 0.717) is 11.3 Å². The van der Waals surface area contributed by atoms with Crippen LogP contribution in [0.2, 0.25) is 0 Å². The average molecular weight is 406 g/mol. The van der Waals surface area contributed by atoms with E-state index in [-0.39, 0.29) is 18.1 Å². The molecule has 3 rings (SSSR count). The number of ether oxygens (including phenoxy) is 1. The molecular formula is C19H17F3N4O3. The molecule has 10 heteroatoms. The van der Waals surface area contributed by atoms with Crippen LogP contribution in [-0.2, 0) is 12.7 Å². The molecule has 2 aromatic carbocycles. The molecule has 29 heavy (non-hydrogen) atoms. The number of rotatable bonds is 6. The van der Waals surface area contributed by atoms with Crippen LogP contribution < -0.4 is 10.1 Å². The Labute approximate surface area is 163 Å². The lowest BCUT2D eigenvalue weighted by molar-refractivity contribution is -0.137. The van der Waals surface area contributed by atoms with Gasteiger partial charge in [-0.3, -0.25) is 4.79 Å². The van der Waals surface area contributed by atoms with E-state index in [1.54, 1.807) is 24.3 Å². The van der Waals surface area contributed by atoms with E-state index < -0.39 is 23.8 Å². The predicted molar refractivity (Wildman–Crippen MR) is 97.4 cm³/mol. The Kier molecular flexibility index (Phi) is 5.83. The third kappa shape index (κ3) is 5.11. The standard InChI is InChI=1S/C19H17F3N4O3/c1-29-15-7-5-12(6-8-15)16(27)10-26-11-23-17(25-26)18(28)24-14-4-2-3-13(9-14)19(20,21)22/h2-9,11,16,27H,10H2,1H3,(H,24,28). The monoisotopic (exact) mass is 406 g/mol. The third-order valence-electron chi connectivity index (χ3n) is 4.05. The smallest absolute Gasteiger partial charge is 0.416 e. The van der Waals surface area contributed by atoms with Crippen molar-refractivity contribution < 1.29 is 27.8 Å². The Morgan fingerprint density at radius 1 is 1.24 bits per heavy atom. The average Bonchev–Trinajstić information content (AvgIpc) is 3.16. The molecule has 0 saturated heterocycles. The summed E-state index contributed by atoms with van der Waals surface area (Å²) in [6.45, 7) is 0.0379. The number of carbonyl (C=O) groups excluding carboxylic acids is 1. The summed E-state index contributed by atoms with van der Waals surface area (Å²) in [5.41, 5.74) is -0.285. The van der Waals surface area contributed by atoms with E-state index in [0.717, 1.165) is 12.1 Å². The first-order valence-corrected chi connectivity index (χ1v) is 8.46. The van der Waals surface area contributed by atoms with Crippen LogP contribution in [0.25, 0.3) is 0 Å². The van der Waals surface area contributed by atoms with Crippen molar-refractivity contribution in [1.29, 1.82) is 0 Å². The molecule has 2 N–H and O–H groups in total. The van der Waals surface area contributed by atoms with E-state index in [1.807, 2.05) is 0 Å². The summed E-state index contributed by atoms with van der Waals surface area (Å²) in [7, 11) is 1.53. The van der Waals surface area contributed by atoms with E-state index >= 15 is 0 Å². The van der Waals surface area contributed by atoms with E-state index in [2.05, 4.69) is 15.4 Å². The van der Waals surface area contributed by atoms with Gasteiger partial charge in [-0.15, -0.1) is 5.10 Å². The highest BCUT2D eigenvalue weighted by atomic mass is 19.4. The van der Waals surface area contributed by atoms with E-state index in [1.165, 1.54) is 30.3 Å². The highest BCUT2D eigenvalue weighted by Crippen LogP contribution is 2.30. The predicted octanol–water partition coefficient (Wildman–Crippen LogP) is 3.29. The van der Waals surface area contributed by atoms with Crippen LogP contribution in [0.3, 0.4) is 0 Å². The summed E-state index contributed by atoms with van der Waals surface area (Å²) in [4.78, 5) is 16.1. The Balaban J connectivity index is 1.65. The number of benzene rings is 2. The van der Waals surface area contributed by atoms with Gasteiger partial charge in [0.15, 0.2) is 0 Å². The van der Waals surface area contributed by atoms with Gasteiger partial charge >= 0.3 is 6.18 Å². The van der Waals surface area contributed by atoms with Gasteiger partial charge in [-0.05, 0) is 35.9 Å². The number of methoxy groups -OCH3 is 1. The van der Waals surface area contributed by atoms with Crippen LogP contribution in [0.5, 0.6) is 5.75 Å². The maximum absolute atomic E-state index is 12.8. The van der Waals surface area contributed by atoms with Crippen molar-refractivity contribution in [2.75, 3.05) is 12.4 Å². The molecule has 1 heterocycles. The number of nitrogens with zero attached hydrogens (tertiary/aromatic N) is 3. The van der Waals surface area contributed by atoms with Crippen LogP contribution in [0.1, 0.15) is 27.8 Å². The zero-order valence-corrected chi connectivity index (χ0v) is 15.2. The van der Waals surface area contributed by atoms with Gasteiger partial charge in [0.05, 0.1) is 25.3 Å². The van der Waals surface area contributed by atoms with Crippen LogP contribution in [-0.4, -0.2) is 32.9 Å². The summed E-state index contributed by atoms with van der Waals surface area (Å²) >= 11 is 0. The number of amides is 1. The van der Waals surface area contributed by atoms with Crippen molar-refractivity contribution in [2.24, 2.45) is 0 Å². The highest BCUT2D eigenvalue weighted by molar-refractivity contribution is 6.01. The molecule has 0 saturated carbocycles. The number of halogens is 3. The van der Waals surface area contributed by atoms with Crippen molar-refractivity contribution in [1.82, 2.24) is 14.8 Å². The second kappa shape index (κ2) is 8.31. The second-order valence-electron chi connectivity index (χ2n) is 6.11. The molecule has 0 aliphatic carbocycles. The van der Waals surface area contributed by atoms with Gasteiger partial charge in [-0.25, -0.2) is 9.67 Å². The Bertz CT molecular complexity index is 987. The second-order valence-corrected chi connectivity index (χ2v) is 6.11. The minimum absolute atomic E-state index is 0.0283. The number of aliphatic hydroxyl groups excluding tert-OH is 1. The fraction of sp³-hybridized carbons (Fsp3) is 0.211. The molecule has 1 atom stereocenters. The molecule has 0 fully saturated rings. The molecule has 0 aliphatic rings. The number of aliphatic hydroxyl groups is 1. The Morgan fingerprint density at radius 3 is 2.62 bits per heavy atom. The number of hydrogen-bond acceptors (Lipinski definition) is 5. The Morgan fingerprint density at radius 2 is 1.97 bits per heavy atom. The van der Waals surface area contributed by atoms with Gasteiger partial charge in [0, 0.05) is 5.69 Å². The lowest BCUT2D eigenvalue weighted by atomic mass is 10.1. The number of aromatic nitrogens is 3. The molecule has 1 aromatic heterocycles. The first-order chi connectivity index (χ1) is 13.8. The maximum atomic E-state index is 12.8. The van der Waals surface area contributed by atoms with Gasteiger partial charge in [0.2, 0.25) is 5.82 Å². The molecule has 152 valence electrons. The normalized spacial score (nSPS) is 12.4. The summed E-state index contributed by atoms with van der Waals surface area (Å²) in [6.07, 6.45) is -4.16. The summed E-state index contributed by atoms with van der Waals surface area (Å²) in [5.74, 6) is -0.346. The minimum atomic E-state index is -4.52. The lowest BCUT2D eigenvalue weighted by Crippen LogP contribution is -2.16. The summed E-state index contributed by atoms with van der Waals surface area (Å²) in [5, 5.41) is 16.6. The van der Waals surface area contributed by atoms with E-state index in [9.17, 15) is 23.1 Å². The van der Waals surface area contributed by atoms with Gasteiger partial charge < -0.3 is 15.2 Å². The molecule has 0 spiro atoms. The van der Waals surface area contributed by atoms with Gasteiger partial charge in [-0.1, -0.05) is 18.2 Å². The van der Waals surface area contributed by atoms with Crippen LogP contribution >= 0.6 is 0 Å². The largest absolute Gasteiger partial charge is 0.497 e. The fourth-order valence-electron chi connectivity index (χ4n) is 2.56. The van der Waals surface area contributed by atoms with Crippen LogP contribution in [0.15, 0.2) is 54.9 Å². The van der Waals surface area contributed by atoms with Crippen LogP contribution in [0, 0.1) is 0 Å². The van der Waals surface area contributed by atoms with Crippen molar-refractivity contribution in [2.45, 2.75) is 18.8 Å². The minimum Gasteiger partial charge on any atom is -0.497 e. The van der Waals surface area contributed by atoms with Crippen molar-refractivity contribution in [3.63, 3.8) is 0 Å². The van der Waals surface area contributed by atoms with Gasteiger partial charge in [0.1, 0.15) is 12.1 Å². The molecule has 7 nitrogen and oxygen atoms in total. The molecule has 1 unspecified atom stereocenters. The van der Waals surface area contributed by atoms with Crippen LogP contribution in [0.4, 0.5) is 18.9 Å². The molecular weight excluding hydrogens is 389 g/mol. The van der Waals surface area contributed by atoms with Crippen molar-refractivity contribution in [3.05, 3.63) is 71.8 Å². The zero-order chi connectivity index (χ0) is 21.0. The molecule has 0 bridgehead atoms. The highest BCUT2D eigenvalue weighted by Gasteiger charge is 2.30. The number of anilines is 1. The van der Waals surface area contributed by atoms with Crippen molar-refractivity contribution >= 4 is 11.6 Å². The fourth-order valence-corrected chi connectivity index (χ4v) is 2.56. The maximum Gasteiger partial charge on any atom is 0.416 e. The molecule has 3 aromatic rings. The summed E-state index contributed by atoms with van der Waals surface area (Å²) < 4.78 is 44.6. The lowest BCUT2D eigenvalue weighted by Gasteiger charge is -2.11. The number of alkyl halides is 3. The number of hydrogen-bond donors (Lipinski definition) is 2. The molecule has 0 aliphatic heterocycles. The third-order valence-corrected chi connectivity index (χ3v) is 4.05. The summed E-state index contributed by atoms with van der Waals surface area (Å²) in [6, 6.07) is 11.0. The van der Waals surface area contributed by atoms with Crippen molar-refractivity contribution in [3.8, 4) is 5.75 Å². The SMILES string of the molecule is COc1ccc(C(O)Cn2cnc(C(=O)Nc3cccc(C(F)(F)F)c3)n2)cc1. The topological polar surface area (TPSA) is 89.3 Å². The number of carbonyl (C=O) groups is 1. The molecule has 1 amide bonds. The Hall–Kier alpha value is -3.40. The first-order valence-electron chi connectivity index (χ1n) is 8.46.